The average Bonchev–Trinajstić information content (AvgIpc) is 3.31. The molecule has 0 N–H and O–H groups in total. The first kappa shape index (κ1) is 21.9. The van der Waals surface area contributed by atoms with Crippen LogP contribution in [0.5, 0.6) is 5.75 Å². The van der Waals surface area contributed by atoms with Gasteiger partial charge in [-0.05, 0) is 48.7 Å². The first-order chi connectivity index (χ1) is 16.7. The van der Waals surface area contributed by atoms with Gasteiger partial charge in [0.2, 0.25) is 0 Å². The number of rotatable bonds is 4. The van der Waals surface area contributed by atoms with Crippen molar-refractivity contribution in [2.45, 2.75) is 32.2 Å². The molecule has 5 rings (SSSR count). The van der Waals surface area contributed by atoms with Gasteiger partial charge in [-0.3, -0.25) is 9.36 Å². The van der Waals surface area contributed by atoms with E-state index >= 15 is 0 Å². The first-order valence-corrected chi connectivity index (χ1v) is 12.0. The van der Waals surface area contributed by atoms with E-state index in [4.69, 9.17) is 4.74 Å². The van der Waals surface area contributed by atoms with Crippen LogP contribution in [0.25, 0.3) is 17.3 Å². The Kier molecular flexibility index (Phi) is 6.11. The first-order valence-electron chi connectivity index (χ1n) is 11.2. The number of thiazole rings is 1. The lowest BCUT2D eigenvalue weighted by Crippen LogP contribution is -2.31. The van der Waals surface area contributed by atoms with Gasteiger partial charge in [0.05, 0.1) is 17.3 Å². The quantitative estimate of drug-likeness (QED) is 0.459. The summed E-state index contributed by atoms with van der Waals surface area (Å²) in [4.78, 5) is 13.6. The molecule has 170 valence electrons. The van der Waals surface area contributed by atoms with Crippen molar-refractivity contribution in [3.63, 3.8) is 0 Å². The van der Waals surface area contributed by atoms with Gasteiger partial charge >= 0.3 is 0 Å². The summed E-state index contributed by atoms with van der Waals surface area (Å²) in [5.41, 5.74) is 1.77. The van der Waals surface area contributed by atoms with Crippen molar-refractivity contribution in [1.82, 2.24) is 19.3 Å². The topological polar surface area (TPSA) is 85.7 Å². The summed E-state index contributed by atoms with van der Waals surface area (Å²) in [7, 11) is 1.62. The monoisotopic (exact) mass is 469 g/mol. The summed E-state index contributed by atoms with van der Waals surface area (Å²) in [6.07, 6.45) is 5.89. The van der Waals surface area contributed by atoms with Gasteiger partial charge in [0.1, 0.15) is 27.9 Å². The van der Waals surface area contributed by atoms with Gasteiger partial charge < -0.3 is 9.30 Å². The van der Waals surface area contributed by atoms with Crippen molar-refractivity contribution >= 4 is 23.0 Å². The smallest absolute Gasteiger partial charge is 0.273 e. The van der Waals surface area contributed by atoms with Gasteiger partial charge in [-0.1, -0.05) is 36.8 Å². The maximum Gasteiger partial charge on any atom is 0.273 e. The molecule has 4 aromatic rings. The van der Waals surface area contributed by atoms with Crippen LogP contribution in [0.4, 0.5) is 0 Å². The molecular formula is C26H23N5O2S. The molecule has 0 amide bonds. The Bertz CT molecular complexity index is 1540. The number of nitrogens with zero attached hydrogens (tertiary/aromatic N) is 5. The highest BCUT2D eigenvalue weighted by atomic mass is 32.1. The largest absolute Gasteiger partial charge is 0.497 e. The molecule has 0 saturated carbocycles. The molecule has 2 aromatic carbocycles. The Balaban J connectivity index is 1.79. The number of benzene rings is 2. The highest BCUT2D eigenvalue weighted by Crippen LogP contribution is 2.18. The highest BCUT2D eigenvalue weighted by Gasteiger charge is 2.21. The van der Waals surface area contributed by atoms with Gasteiger partial charge in [0.25, 0.3) is 5.56 Å². The molecule has 7 nitrogen and oxygen atoms in total. The van der Waals surface area contributed by atoms with E-state index in [1.165, 1.54) is 11.3 Å². The van der Waals surface area contributed by atoms with Crippen LogP contribution in [0.1, 0.15) is 36.5 Å². The summed E-state index contributed by atoms with van der Waals surface area (Å²) in [5, 5.41) is 19.0. The van der Waals surface area contributed by atoms with Gasteiger partial charge in [-0.15, -0.1) is 21.5 Å². The van der Waals surface area contributed by atoms with Crippen molar-refractivity contribution in [2.75, 3.05) is 7.11 Å². The van der Waals surface area contributed by atoms with Crippen LogP contribution in [-0.2, 0) is 13.0 Å². The van der Waals surface area contributed by atoms with E-state index in [1.807, 2.05) is 65.2 Å². The maximum absolute atomic E-state index is 13.6. The summed E-state index contributed by atoms with van der Waals surface area (Å²) in [6, 6.07) is 19.2. The van der Waals surface area contributed by atoms with Crippen LogP contribution in [0.2, 0.25) is 0 Å². The van der Waals surface area contributed by atoms with Gasteiger partial charge in [0, 0.05) is 13.0 Å². The van der Waals surface area contributed by atoms with Crippen LogP contribution in [0, 0.1) is 11.3 Å². The Morgan fingerprint density at radius 3 is 2.62 bits per heavy atom. The average molecular weight is 470 g/mol. The number of fused-ring (bicyclic) bond motifs is 1. The van der Waals surface area contributed by atoms with E-state index in [2.05, 4.69) is 16.3 Å². The van der Waals surface area contributed by atoms with Gasteiger partial charge in [-0.2, -0.15) is 5.26 Å². The summed E-state index contributed by atoms with van der Waals surface area (Å²) in [6.45, 7) is 0.772. The van der Waals surface area contributed by atoms with Crippen molar-refractivity contribution in [2.24, 2.45) is 0 Å². The lowest BCUT2D eigenvalue weighted by atomic mass is 10.2. The number of aryl methyl sites for hydroxylation is 1. The van der Waals surface area contributed by atoms with Crippen molar-refractivity contribution in [3.05, 3.63) is 91.4 Å². The predicted molar refractivity (Wildman–Crippen MR) is 131 cm³/mol. The summed E-state index contributed by atoms with van der Waals surface area (Å²) in [5.74, 6) is 2.18. The molecule has 0 spiro atoms. The molecule has 0 aliphatic carbocycles. The van der Waals surface area contributed by atoms with Crippen LogP contribution in [0.15, 0.2) is 59.4 Å². The molecule has 1 aliphatic heterocycles. The van der Waals surface area contributed by atoms with Crippen LogP contribution < -0.4 is 19.5 Å². The molecule has 0 saturated heterocycles. The molecule has 1 aliphatic rings. The molecule has 2 aromatic heterocycles. The summed E-state index contributed by atoms with van der Waals surface area (Å²) < 4.78 is 9.97. The van der Waals surface area contributed by atoms with E-state index in [1.54, 1.807) is 11.7 Å². The van der Waals surface area contributed by atoms with Crippen molar-refractivity contribution < 1.29 is 4.74 Å². The zero-order chi connectivity index (χ0) is 23.5. The van der Waals surface area contributed by atoms with Crippen LogP contribution in [0.3, 0.4) is 0 Å². The molecule has 0 radical (unpaired) electrons. The lowest BCUT2D eigenvalue weighted by Gasteiger charge is -2.07. The maximum atomic E-state index is 13.6. The molecule has 34 heavy (non-hydrogen) atoms. The predicted octanol–water partition coefficient (Wildman–Crippen LogP) is 2.78. The molecule has 0 atom stereocenters. The fourth-order valence-electron chi connectivity index (χ4n) is 4.18. The standard InChI is InChI=1S/C26H23N5O2S/c1-33-20-13-11-18(12-14-20)16-22-25(32)31(19-8-4-2-5-9-19)26(34-22)21(17-27)24-29-28-23-10-6-3-7-15-30(23)24/h2,4-5,8-9,11-14,16H,3,6-7,10,15H2,1H3/b22-16+,26-21-. The lowest BCUT2D eigenvalue weighted by molar-refractivity contribution is 0.415. The Morgan fingerprint density at radius 2 is 1.88 bits per heavy atom. The van der Waals surface area contributed by atoms with Crippen LogP contribution in [-0.4, -0.2) is 26.4 Å². The van der Waals surface area contributed by atoms with E-state index in [9.17, 15) is 10.1 Å². The summed E-state index contributed by atoms with van der Waals surface area (Å²) >= 11 is 1.30. The van der Waals surface area contributed by atoms with E-state index < -0.39 is 0 Å². The third kappa shape index (κ3) is 4.06. The minimum atomic E-state index is -0.176. The number of para-hydroxylation sites is 1. The molecule has 0 unspecified atom stereocenters. The van der Waals surface area contributed by atoms with Crippen LogP contribution >= 0.6 is 11.3 Å². The fraction of sp³-hybridized carbons (Fsp3) is 0.231. The minimum absolute atomic E-state index is 0.176. The fourth-order valence-corrected chi connectivity index (χ4v) is 5.28. The number of ether oxygens (including phenoxy) is 1. The van der Waals surface area contributed by atoms with Crippen molar-refractivity contribution in [1.29, 1.82) is 5.26 Å². The zero-order valence-corrected chi connectivity index (χ0v) is 19.6. The van der Waals surface area contributed by atoms with Crippen molar-refractivity contribution in [3.8, 4) is 17.5 Å². The normalized spacial score (nSPS) is 14.8. The van der Waals surface area contributed by atoms with E-state index in [0.29, 0.717) is 26.3 Å². The Morgan fingerprint density at radius 1 is 1.09 bits per heavy atom. The van der Waals surface area contributed by atoms with E-state index in [0.717, 1.165) is 49.4 Å². The zero-order valence-electron chi connectivity index (χ0n) is 18.8. The highest BCUT2D eigenvalue weighted by molar-refractivity contribution is 7.07. The minimum Gasteiger partial charge on any atom is -0.497 e. The number of methoxy groups -OCH3 is 1. The van der Waals surface area contributed by atoms with Gasteiger partial charge in [-0.25, -0.2) is 0 Å². The second-order valence-electron chi connectivity index (χ2n) is 8.05. The number of hydrogen-bond acceptors (Lipinski definition) is 6. The third-order valence-electron chi connectivity index (χ3n) is 5.91. The molecule has 8 heteroatoms. The Hall–Kier alpha value is -3.96. The van der Waals surface area contributed by atoms with Gasteiger partial charge in [0.15, 0.2) is 5.82 Å². The second kappa shape index (κ2) is 9.49. The Labute approximate surface area is 200 Å². The van der Waals surface area contributed by atoms with E-state index in [-0.39, 0.29) is 5.56 Å². The molecule has 0 fully saturated rings. The molecular weight excluding hydrogens is 446 g/mol. The SMILES string of the molecule is COc1ccc(/C=c2/s/c(=C(/C#N)c3nnc4n3CCCCC4)n(-c3ccccc3)c2=O)cc1. The number of aromatic nitrogens is 4. The molecule has 3 heterocycles. The number of nitriles is 1. The third-order valence-corrected chi connectivity index (χ3v) is 7.00. The molecule has 0 bridgehead atoms. The second-order valence-corrected chi connectivity index (χ2v) is 9.08. The number of hydrogen-bond donors (Lipinski definition) is 0.